The van der Waals surface area contributed by atoms with Crippen LogP contribution in [0.15, 0.2) is 22.5 Å². The summed E-state index contributed by atoms with van der Waals surface area (Å²) in [6, 6.07) is 4.63. The Labute approximate surface area is 92.8 Å². The molecule has 0 bridgehead atoms. The highest BCUT2D eigenvalue weighted by Gasteiger charge is 2.17. The number of aliphatic imine (C=N–C) groups is 1. The lowest BCUT2D eigenvalue weighted by Gasteiger charge is -2.12. The van der Waals surface area contributed by atoms with Crippen LogP contribution in [0.25, 0.3) is 0 Å². The molecule has 0 amide bonds. The van der Waals surface area contributed by atoms with Crippen molar-refractivity contribution in [3.05, 3.63) is 22.4 Å². The molecular weight excluding hydrogens is 212 g/mol. The molecule has 4 heteroatoms. The standard InChI is InChI=1S/C10H14N2S2/c1-7-6-11-10(14-7)12-8(2)9-4-3-5-13-9/h3-5,7-8H,6H2,1-2H3,(H,11,12). The summed E-state index contributed by atoms with van der Waals surface area (Å²) in [6.45, 7) is 5.33. The minimum Gasteiger partial charge on any atom is -0.358 e. The maximum atomic E-state index is 4.44. The van der Waals surface area contributed by atoms with E-state index in [0.717, 1.165) is 11.7 Å². The van der Waals surface area contributed by atoms with Crippen LogP contribution in [-0.4, -0.2) is 17.0 Å². The highest BCUT2D eigenvalue weighted by atomic mass is 32.2. The first-order valence-electron chi connectivity index (χ1n) is 4.77. The molecule has 2 atom stereocenters. The van der Waals surface area contributed by atoms with Crippen LogP contribution in [0.4, 0.5) is 0 Å². The molecule has 1 aliphatic heterocycles. The Bertz CT molecular complexity index is 319. The van der Waals surface area contributed by atoms with Crippen LogP contribution in [0, 0.1) is 0 Å². The first kappa shape index (κ1) is 10.1. The monoisotopic (exact) mass is 226 g/mol. The van der Waals surface area contributed by atoms with Gasteiger partial charge in [-0.05, 0) is 18.4 Å². The van der Waals surface area contributed by atoms with Crippen LogP contribution >= 0.6 is 23.1 Å². The Hall–Kier alpha value is -0.480. The molecule has 1 aliphatic rings. The van der Waals surface area contributed by atoms with Gasteiger partial charge >= 0.3 is 0 Å². The third kappa shape index (κ3) is 2.30. The van der Waals surface area contributed by atoms with Crippen molar-refractivity contribution in [3.63, 3.8) is 0 Å². The van der Waals surface area contributed by atoms with Crippen molar-refractivity contribution in [2.45, 2.75) is 25.1 Å². The molecule has 2 unspecified atom stereocenters. The molecule has 0 fully saturated rings. The maximum absolute atomic E-state index is 4.44. The maximum Gasteiger partial charge on any atom is 0.157 e. The van der Waals surface area contributed by atoms with E-state index in [1.807, 2.05) is 11.8 Å². The molecule has 1 aromatic heterocycles. The van der Waals surface area contributed by atoms with Gasteiger partial charge in [-0.15, -0.1) is 11.3 Å². The van der Waals surface area contributed by atoms with Crippen molar-refractivity contribution >= 4 is 28.3 Å². The van der Waals surface area contributed by atoms with Gasteiger partial charge in [-0.1, -0.05) is 24.8 Å². The molecule has 0 saturated carbocycles. The molecule has 76 valence electrons. The predicted molar refractivity (Wildman–Crippen MR) is 65.2 cm³/mol. The number of thioether (sulfide) groups is 1. The van der Waals surface area contributed by atoms with Crippen LogP contribution in [0.1, 0.15) is 24.8 Å². The molecule has 0 saturated heterocycles. The van der Waals surface area contributed by atoms with Gasteiger partial charge in [0.15, 0.2) is 5.17 Å². The van der Waals surface area contributed by atoms with Gasteiger partial charge in [0.25, 0.3) is 0 Å². The summed E-state index contributed by atoms with van der Waals surface area (Å²) < 4.78 is 0. The Morgan fingerprint density at radius 2 is 2.50 bits per heavy atom. The normalized spacial score (nSPS) is 23.3. The van der Waals surface area contributed by atoms with Crippen molar-refractivity contribution in [2.24, 2.45) is 4.99 Å². The highest BCUT2D eigenvalue weighted by Crippen LogP contribution is 2.23. The van der Waals surface area contributed by atoms with Gasteiger partial charge in [0.2, 0.25) is 0 Å². The summed E-state index contributed by atoms with van der Waals surface area (Å²) in [4.78, 5) is 5.81. The predicted octanol–water partition coefficient (Wildman–Crippen LogP) is 2.89. The summed E-state index contributed by atoms with van der Waals surface area (Å²) in [5.41, 5.74) is 0. The van der Waals surface area contributed by atoms with Crippen molar-refractivity contribution in [1.29, 1.82) is 0 Å². The average Bonchev–Trinajstić information content (AvgIpc) is 2.75. The summed E-state index contributed by atoms with van der Waals surface area (Å²) in [5.74, 6) is 0. The summed E-state index contributed by atoms with van der Waals surface area (Å²) >= 11 is 3.62. The van der Waals surface area contributed by atoms with Crippen LogP contribution in [0.2, 0.25) is 0 Å². The van der Waals surface area contributed by atoms with Gasteiger partial charge in [0.05, 0.1) is 12.6 Å². The number of hydrogen-bond donors (Lipinski definition) is 1. The summed E-state index contributed by atoms with van der Waals surface area (Å²) in [6.07, 6.45) is 0. The van der Waals surface area contributed by atoms with E-state index < -0.39 is 0 Å². The molecule has 2 nitrogen and oxygen atoms in total. The zero-order valence-electron chi connectivity index (χ0n) is 8.36. The highest BCUT2D eigenvalue weighted by molar-refractivity contribution is 8.14. The molecule has 1 aromatic rings. The van der Waals surface area contributed by atoms with E-state index in [2.05, 4.69) is 41.7 Å². The zero-order valence-corrected chi connectivity index (χ0v) is 9.99. The number of nitrogens with zero attached hydrogens (tertiary/aromatic N) is 1. The Morgan fingerprint density at radius 1 is 1.64 bits per heavy atom. The number of amidine groups is 1. The Balaban J connectivity index is 1.92. The first-order valence-corrected chi connectivity index (χ1v) is 6.52. The van der Waals surface area contributed by atoms with E-state index in [9.17, 15) is 0 Å². The Kier molecular flexibility index (Phi) is 3.13. The minimum absolute atomic E-state index is 0.381. The minimum atomic E-state index is 0.381. The van der Waals surface area contributed by atoms with E-state index in [0.29, 0.717) is 11.3 Å². The molecule has 14 heavy (non-hydrogen) atoms. The van der Waals surface area contributed by atoms with Crippen LogP contribution < -0.4 is 5.32 Å². The molecular formula is C10H14N2S2. The number of hydrogen-bond acceptors (Lipinski definition) is 4. The first-order chi connectivity index (χ1) is 6.75. The van der Waals surface area contributed by atoms with Gasteiger partial charge < -0.3 is 5.32 Å². The van der Waals surface area contributed by atoms with Crippen molar-refractivity contribution in [2.75, 3.05) is 6.54 Å². The van der Waals surface area contributed by atoms with Gasteiger partial charge in [-0.2, -0.15) is 0 Å². The second-order valence-corrected chi connectivity index (χ2v) is 5.86. The fraction of sp³-hybridized carbons (Fsp3) is 0.500. The summed E-state index contributed by atoms with van der Waals surface area (Å²) in [7, 11) is 0. The SMILES string of the molecule is CC1CN=C(NC(C)c2cccs2)S1. The molecule has 1 N–H and O–H groups in total. The molecule has 0 aromatic carbocycles. The second kappa shape index (κ2) is 4.36. The lowest BCUT2D eigenvalue weighted by molar-refractivity contribution is 0.737. The largest absolute Gasteiger partial charge is 0.358 e. The number of nitrogens with one attached hydrogen (secondary N) is 1. The topological polar surface area (TPSA) is 24.4 Å². The van der Waals surface area contributed by atoms with Crippen LogP contribution in [0.3, 0.4) is 0 Å². The fourth-order valence-electron chi connectivity index (χ4n) is 1.35. The van der Waals surface area contributed by atoms with E-state index in [-0.39, 0.29) is 0 Å². The molecule has 2 heterocycles. The third-order valence-electron chi connectivity index (χ3n) is 2.11. The van der Waals surface area contributed by atoms with E-state index in [4.69, 9.17) is 0 Å². The zero-order chi connectivity index (χ0) is 9.97. The van der Waals surface area contributed by atoms with E-state index in [1.165, 1.54) is 4.88 Å². The van der Waals surface area contributed by atoms with Crippen molar-refractivity contribution in [1.82, 2.24) is 5.32 Å². The van der Waals surface area contributed by atoms with Gasteiger partial charge in [0.1, 0.15) is 0 Å². The Morgan fingerprint density at radius 3 is 3.07 bits per heavy atom. The summed E-state index contributed by atoms with van der Waals surface area (Å²) in [5, 5.41) is 7.27. The van der Waals surface area contributed by atoms with Crippen LogP contribution in [0.5, 0.6) is 0 Å². The van der Waals surface area contributed by atoms with Gasteiger partial charge in [0, 0.05) is 10.1 Å². The quantitative estimate of drug-likeness (QED) is 0.838. The molecule has 0 radical (unpaired) electrons. The number of rotatable bonds is 2. The second-order valence-electron chi connectivity index (χ2n) is 3.46. The molecule has 2 rings (SSSR count). The lowest BCUT2D eigenvalue weighted by atomic mass is 10.3. The molecule has 0 aliphatic carbocycles. The smallest absolute Gasteiger partial charge is 0.157 e. The lowest BCUT2D eigenvalue weighted by Crippen LogP contribution is -2.22. The average molecular weight is 226 g/mol. The van der Waals surface area contributed by atoms with Gasteiger partial charge in [-0.3, -0.25) is 4.99 Å². The molecule has 0 spiro atoms. The van der Waals surface area contributed by atoms with Crippen molar-refractivity contribution < 1.29 is 0 Å². The van der Waals surface area contributed by atoms with E-state index >= 15 is 0 Å². The van der Waals surface area contributed by atoms with E-state index in [1.54, 1.807) is 11.3 Å². The third-order valence-corrected chi connectivity index (χ3v) is 4.19. The fourth-order valence-corrected chi connectivity index (χ4v) is 3.01. The van der Waals surface area contributed by atoms with Crippen molar-refractivity contribution in [3.8, 4) is 0 Å². The van der Waals surface area contributed by atoms with Gasteiger partial charge in [-0.25, -0.2) is 0 Å². The van der Waals surface area contributed by atoms with Crippen LogP contribution in [-0.2, 0) is 0 Å². The number of thiophene rings is 1.